The van der Waals surface area contributed by atoms with Gasteiger partial charge in [0.1, 0.15) is 6.04 Å². The van der Waals surface area contributed by atoms with Crippen LogP contribution >= 0.6 is 0 Å². The fourth-order valence-corrected chi connectivity index (χ4v) is 0.323. The fraction of sp³-hybridized carbons (Fsp3) is 0.200. The Balaban J connectivity index is 0.000000226. The number of hydrogen-bond donors (Lipinski definition) is 4. The number of rotatable bonds is 0. The average Bonchev–Trinajstić information content (AvgIpc) is 2.37. The number of aliphatic carboxylic acids is 2. The zero-order chi connectivity index (χ0) is 10.4. The van der Waals surface area contributed by atoms with Crippen LogP contribution in [0.3, 0.4) is 0 Å². The molecule has 0 aromatic rings. The number of carboxylic acid groups (broad SMARTS) is 2. The lowest BCUT2D eigenvalue weighted by molar-refractivity contribution is -0.159. The molecular formula is C5H7N3O5. The summed E-state index contributed by atoms with van der Waals surface area (Å²) < 4.78 is 0. The summed E-state index contributed by atoms with van der Waals surface area (Å²) in [5.74, 6) is -3.88. The topological polar surface area (TPSA) is 142 Å². The average molecular weight is 189 g/mol. The Morgan fingerprint density at radius 2 is 1.92 bits per heavy atom. The molecule has 1 unspecified atom stereocenters. The van der Waals surface area contributed by atoms with Gasteiger partial charge in [-0.05, 0) is 0 Å². The van der Waals surface area contributed by atoms with E-state index in [4.69, 9.17) is 25.5 Å². The fourth-order valence-electron chi connectivity index (χ4n) is 0.323. The maximum absolute atomic E-state index is 10.2. The first-order valence-electron chi connectivity index (χ1n) is 3.00. The zero-order valence-corrected chi connectivity index (χ0v) is 6.30. The molecule has 0 spiro atoms. The van der Waals surface area contributed by atoms with Crippen molar-refractivity contribution in [1.82, 2.24) is 5.43 Å². The van der Waals surface area contributed by atoms with Crippen LogP contribution in [0.4, 0.5) is 0 Å². The van der Waals surface area contributed by atoms with E-state index >= 15 is 0 Å². The molecule has 72 valence electrons. The van der Waals surface area contributed by atoms with E-state index in [1.807, 2.05) is 0 Å². The van der Waals surface area contributed by atoms with E-state index in [2.05, 4.69) is 10.5 Å². The van der Waals surface area contributed by atoms with Crippen LogP contribution in [-0.4, -0.2) is 40.3 Å². The second-order valence-electron chi connectivity index (χ2n) is 1.89. The summed E-state index contributed by atoms with van der Waals surface area (Å²) in [5.41, 5.74) is 7.29. The van der Waals surface area contributed by atoms with Gasteiger partial charge in [-0.25, -0.2) is 15.0 Å². The minimum Gasteiger partial charge on any atom is -0.473 e. The van der Waals surface area contributed by atoms with E-state index in [1.165, 1.54) is 6.21 Å². The van der Waals surface area contributed by atoms with Gasteiger partial charge in [0.25, 0.3) is 5.91 Å². The van der Waals surface area contributed by atoms with Crippen LogP contribution in [-0.2, 0) is 14.4 Å². The Morgan fingerprint density at radius 3 is 2.00 bits per heavy atom. The molecule has 0 aromatic heterocycles. The molecule has 0 saturated carbocycles. The van der Waals surface area contributed by atoms with Gasteiger partial charge in [-0.1, -0.05) is 0 Å². The predicted octanol–water partition coefficient (Wildman–Crippen LogP) is -2.42. The van der Waals surface area contributed by atoms with E-state index in [-0.39, 0.29) is 5.91 Å². The molecule has 1 heterocycles. The monoisotopic (exact) mass is 189 g/mol. The third kappa shape index (κ3) is 4.48. The van der Waals surface area contributed by atoms with Crippen molar-refractivity contribution in [2.75, 3.05) is 0 Å². The number of carboxylic acids is 2. The van der Waals surface area contributed by atoms with Gasteiger partial charge in [0.05, 0.1) is 6.21 Å². The number of amides is 1. The normalized spacial score (nSPS) is 18.5. The van der Waals surface area contributed by atoms with Crippen molar-refractivity contribution >= 4 is 24.1 Å². The van der Waals surface area contributed by atoms with Crippen LogP contribution in [0.2, 0.25) is 0 Å². The van der Waals surface area contributed by atoms with Gasteiger partial charge < -0.3 is 15.9 Å². The molecule has 1 aliphatic rings. The molecule has 8 heteroatoms. The number of carbonyl (C=O) groups excluding carboxylic acids is 1. The number of nitrogens with two attached hydrogens (primary N) is 1. The Labute approximate surface area is 72.0 Å². The Bertz CT molecular complexity index is 249. The lowest BCUT2D eigenvalue weighted by Crippen LogP contribution is -2.32. The minimum atomic E-state index is -1.82. The van der Waals surface area contributed by atoms with Gasteiger partial charge >= 0.3 is 11.9 Å². The highest BCUT2D eigenvalue weighted by molar-refractivity contribution is 6.27. The quantitative estimate of drug-likeness (QED) is 0.312. The van der Waals surface area contributed by atoms with Crippen LogP contribution in [0.15, 0.2) is 5.10 Å². The van der Waals surface area contributed by atoms with Crippen molar-refractivity contribution in [3.8, 4) is 0 Å². The third-order valence-electron chi connectivity index (χ3n) is 0.896. The Morgan fingerprint density at radius 1 is 1.46 bits per heavy atom. The molecule has 0 aliphatic carbocycles. The molecule has 0 fully saturated rings. The lowest BCUT2D eigenvalue weighted by Gasteiger charge is -1.88. The largest absolute Gasteiger partial charge is 0.473 e. The molecule has 0 aromatic carbocycles. The van der Waals surface area contributed by atoms with Crippen LogP contribution in [0, 0.1) is 0 Å². The molecule has 1 atom stereocenters. The van der Waals surface area contributed by atoms with Crippen molar-refractivity contribution in [3.63, 3.8) is 0 Å². The second-order valence-corrected chi connectivity index (χ2v) is 1.89. The molecular weight excluding hydrogens is 182 g/mol. The number of hydrazone groups is 1. The highest BCUT2D eigenvalue weighted by Gasteiger charge is 2.13. The van der Waals surface area contributed by atoms with Crippen molar-refractivity contribution in [1.29, 1.82) is 0 Å². The molecule has 0 bridgehead atoms. The lowest BCUT2D eigenvalue weighted by atomic mass is 10.4. The van der Waals surface area contributed by atoms with Crippen molar-refractivity contribution < 1.29 is 24.6 Å². The first-order chi connectivity index (χ1) is 5.95. The number of hydrogen-bond acceptors (Lipinski definition) is 5. The third-order valence-corrected chi connectivity index (χ3v) is 0.896. The Hall–Kier alpha value is -1.96. The van der Waals surface area contributed by atoms with Gasteiger partial charge in [-0.2, -0.15) is 5.10 Å². The molecule has 1 amide bonds. The maximum Gasteiger partial charge on any atom is 0.414 e. The summed E-state index contributed by atoms with van der Waals surface area (Å²) in [6.45, 7) is 0. The zero-order valence-electron chi connectivity index (χ0n) is 6.30. The molecule has 1 rings (SSSR count). The summed E-state index contributed by atoms with van der Waals surface area (Å²) in [6, 6.07) is -0.528. The molecule has 1 aliphatic heterocycles. The van der Waals surface area contributed by atoms with E-state index in [0.717, 1.165) is 0 Å². The van der Waals surface area contributed by atoms with Crippen molar-refractivity contribution in [2.24, 2.45) is 10.8 Å². The molecule has 0 saturated heterocycles. The summed E-state index contributed by atoms with van der Waals surface area (Å²) in [7, 11) is 0. The highest BCUT2D eigenvalue weighted by Crippen LogP contribution is 1.80. The first kappa shape index (κ1) is 11.0. The minimum absolute atomic E-state index is 0.236. The van der Waals surface area contributed by atoms with Gasteiger partial charge in [0.2, 0.25) is 0 Å². The second kappa shape index (κ2) is 4.83. The molecule has 13 heavy (non-hydrogen) atoms. The van der Waals surface area contributed by atoms with Gasteiger partial charge in [0.15, 0.2) is 0 Å². The van der Waals surface area contributed by atoms with Crippen LogP contribution in [0.25, 0.3) is 0 Å². The summed E-state index contributed by atoms with van der Waals surface area (Å²) in [5, 5.41) is 18.2. The van der Waals surface area contributed by atoms with Gasteiger partial charge in [0, 0.05) is 0 Å². The predicted molar refractivity (Wildman–Crippen MR) is 39.9 cm³/mol. The first-order valence-corrected chi connectivity index (χ1v) is 3.00. The van der Waals surface area contributed by atoms with Crippen molar-refractivity contribution in [2.45, 2.75) is 6.04 Å². The number of nitrogens with zero attached hydrogens (tertiary/aromatic N) is 1. The SMILES string of the molecule is NC1C=NNC1=O.O=C(O)C(=O)O. The van der Waals surface area contributed by atoms with Crippen LogP contribution in [0.5, 0.6) is 0 Å². The molecule has 0 radical (unpaired) electrons. The number of nitrogens with one attached hydrogen (secondary N) is 1. The molecule has 8 nitrogen and oxygen atoms in total. The van der Waals surface area contributed by atoms with Gasteiger partial charge in [-0.3, -0.25) is 4.79 Å². The standard InChI is InChI=1S/C3H5N3O.C2H2O4/c4-2-1-5-6-3(2)7;3-1(4)2(5)6/h1-2H,4H2,(H,6,7);(H,3,4)(H,5,6). The van der Waals surface area contributed by atoms with E-state index < -0.39 is 18.0 Å². The summed E-state index contributed by atoms with van der Waals surface area (Å²) in [4.78, 5) is 28.4. The summed E-state index contributed by atoms with van der Waals surface area (Å²) >= 11 is 0. The van der Waals surface area contributed by atoms with Crippen molar-refractivity contribution in [3.05, 3.63) is 0 Å². The molecule has 5 N–H and O–H groups in total. The van der Waals surface area contributed by atoms with Crippen LogP contribution in [0.1, 0.15) is 0 Å². The number of carbonyl (C=O) groups is 3. The van der Waals surface area contributed by atoms with E-state index in [0.29, 0.717) is 0 Å². The highest BCUT2D eigenvalue weighted by atomic mass is 16.4. The van der Waals surface area contributed by atoms with Crippen LogP contribution < -0.4 is 11.2 Å². The van der Waals surface area contributed by atoms with E-state index in [9.17, 15) is 4.79 Å². The Kier molecular flexibility index (Phi) is 4.10. The maximum atomic E-state index is 10.2. The van der Waals surface area contributed by atoms with E-state index in [1.54, 1.807) is 0 Å². The summed E-state index contributed by atoms with van der Waals surface area (Å²) in [6.07, 6.45) is 1.36. The van der Waals surface area contributed by atoms with Gasteiger partial charge in [-0.15, -0.1) is 0 Å². The smallest absolute Gasteiger partial charge is 0.414 e.